The normalized spacial score (nSPS) is 24.4. The van der Waals surface area contributed by atoms with E-state index >= 15 is 0 Å². The minimum Gasteiger partial charge on any atom is -0.493 e. The number of carbonyl (C=O) groups is 4. The Balaban J connectivity index is 1.80. The van der Waals surface area contributed by atoms with Gasteiger partial charge >= 0.3 is 0 Å². The van der Waals surface area contributed by atoms with E-state index < -0.39 is 41.8 Å². The first kappa shape index (κ1) is 27.8. The highest BCUT2D eigenvalue weighted by molar-refractivity contribution is 6.36. The van der Waals surface area contributed by atoms with Gasteiger partial charge < -0.3 is 29.9 Å². The van der Waals surface area contributed by atoms with Gasteiger partial charge in [0, 0.05) is 36.2 Å². The summed E-state index contributed by atoms with van der Waals surface area (Å²) in [5.74, 6) is -1.73. The molecule has 0 spiro atoms. The van der Waals surface area contributed by atoms with Crippen molar-refractivity contribution >= 4 is 23.9 Å². The second kappa shape index (κ2) is 12.1. The molecular weight excluding hydrogens is 492 g/mol. The molecule has 1 saturated carbocycles. The van der Waals surface area contributed by atoms with Gasteiger partial charge in [-0.25, -0.2) is 0 Å². The molecule has 206 valence electrons. The molecule has 2 amide bonds. The lowest BCUT2D eigenvalue weighted by Crippen LogP contribution is -2.57. The first-order chi connectivity index (χ1) is 18.3. The number of rotatable bonds is 10. The Morgan fingerprint density at radius 1 is 1.21 bits per heavy atom. The van der Waals surface area contributed by atoms with Crippen molar-refractivity contribution in [3.63, 3.8) is 0 Å². The van der Waals surface area contributed by atoms with Crippen molar-refractivity contribution in [2.24, 2.45) is 5.92 Å². The molecule has 3 N–H and O–H groups in total. The third-order valence-electron chi connectivity index (χ3n) is 7.77. The Morgan fingerprint density at radius 3 is 2.58 bits per heavy atom. The molecule has 3 aliphatic rings. The molecule has 0 aromatic heterocycles. The molecule has 10 heteroatoms. The predicted octanol–water partition coefficient (Wildman–Crippen LogP) is 1.52. The molecule has 4 rings (SSSR count). The second-order valence-electron chi connectivity index (χ2n) is 10.1. The lowest BCUT2D eigenvalue weighted by Gasteiger charge is -2.42. The number of Topliss-reactive ketones (excluding diaryl/α,β-unsaturated/α-hetero) is 1. The van der Waals surface area contributed by atoms with E-state index in [1.54, 1.807) is 19.1 Å². The first-order valence-corrected chi connectivity index (χ1v) is 13.3. The number of ketones is 1. The number of hydrogen-bond acceptors (Lipinski definition) is 8. The van der Waals surface area contributed by atoms with Gasteiger partial charge in [-0.2, -0.15) is 0 Å². The molecule has 0 radical (unpaired) electrons. The van der Waals surface area contributed by atoms with Crippen LogP contribution in [0.2, 0.25) is 0 Å². The number of fused-ring (bicyclic) bond motifs is 3. The minimum absolute atomic E-state index is 0.00519. The van der Waals surface area contributed by atoms with Gasteiger partial charge in [0.25, 0.3) is 5.91 Å². The standard InChI is InChI=1S/C28H36N2O8/c1-3-21(33)28(36)30(14-16-7-5-4-6-8-16)20-13-19(27(35)29-9-10-31)23-18-11-17(15-32)12-22(37-2)25(18)38-26(23)24(20)34/h11-13,15-16,20,23-24,26,31,34H,3-10,14H2,1-2H3,(H,29,35)/t20-,23+,24+,26+/m1/s1. The quantitative estimate of drug-likeness (QED) is 0.307. The summed E-state index contributed by atoms with van der Waals surface area (Å²) in [6.07, 6.45) is 5.03. The van der Waals surface area contributed by atoms with Crippen LogP contribution < -0.4 is 14.8 Å². The summed E-state index contributed by atoms with van der Waals surface area (Å²) >= 11 is 0. The number of amides is 2. The van der Waals surface area contributed by atoms with Gasteiger partial charge in [0.05, 0.1) is 25.7 Å². The van der Waals surface area contributed by atoms with Crippen molar-refractivity contribution in [3.8, 4) is 11.5 Å². The van der Waals surface area contributed by atoms with E-state index in [-0.39, 0.29) is 43.4 Å². The van der Waals surface area contributed by atoms with Crippen LogP contribution in [0.25, 0.3) is 0 Å². The zero-order chi connectivity index (χ0) is 27.4. The van der Waals surface area contributed by atoms with E-state index in [4.69, 9.17) is 9.47 Å². The Bertz CT molecular complexity index is 1110. The van der Waals surface area contributed by atoms with Crippen LogP contribution in [0.4, 0.5) is 0 Å². The Morgan fingerprint density at radius 2 is 1.95 bits per heavy atom. The first-order valence-electron chi connectivity index (χ1n) is 13.3. The molecule has 4 atom stereocenters. The average Bonchev–Trinajstić information content (AvgIpc) is 3.34. The molecule has 1 heterocycles. The molecule has 0 saturated heterocycles. The van der Waals surface area contributed by atoms with E-state index in [1.807, 2.05) is 0 Å². The molecule has 38 heavy (non-hydrogen) atoms. The van der Waals surface area contributed by atoms with Crippen LogP contribution in [0.5, 0.6) is 11.5 Å². The van der Waals surface area contributed by atoms with Gasteiger partial charge in [-0.3, -0.25) is 19.2 Å². The maximum atomic E-state index is 13.3. The van der Waals surface area contributed by atoms with Gasteiger partial charge in [0.1, 0.15) is 18.5 Å². The summed E-state index contributed by atoms with van der Waals surface area (Å²) in [7, 11) is 1.43. The Hall–Kier alpha value is -3.24. The van der Waals surface area contributed by atoms with Crippen molar-refractivity contribution in [1.82, 2.24) is 10.2 Å². The van der Waals surface area contributed by atoms with Gasteiger partial charge in [0.2, 0.25) is 11.7 Å². The molecular formula is C28H36N2O8. The topological polar surface area (TPSA) is 142 Å². The van der Waals surface area contributed by atoms with Crippen LogP contribution in [-0.2, 0) is 14.4 Å². The maximum Gasteiger partial charge on any atom is 0.290 e. The number of carbonyl (C=O) groups excluding carboxylic acids is 4. The van der Waals surface area contributed by atoms with Crippen molar-refractivity contribution < 1.29 is 38.9 Å². The van der Waals surface area contributed by atoms with E-state index in [0.29, 0.717) is 23.2 Å². The van der Waals surface area contributed by atoms with Crippen LogP contribution in [-0.4, -0.2) is 84.1 Å². The van der Waals surface area contributed by atoms with E-state index in [0.717, 1.165) is 32.1 Å². The number of benzene rings is 1. The lowest BCUT2D eigenvalue weighted by molar-refractivity contribution is -0.149. The largest absolute Gasteiger partial charge is 0.493 e. The molecule has 2 aliphatic carbocycles. The highest BCUT2D eigenvalue weighted by Crippen LogP contribution is 2.51. The fourth-order valence-electron chi connectivity index (χ4n) is 5.86. The second-order valence-corrected chi connectivity index (χ2v) is 10.1. The van der Waals surface area contributed by atoms with Crippen molar-refractivity contribution in [2.45, 2.75) is 69.6 Å². The van der Waals surface area contributed by atoms with E-state index in [1.165, 1.54) is 18.1 Å². The van der Waals surface area contributed by atoms with Gasteiger partial charge in [0.15, 0.2) is 11.5 Å². The Labute approximate surface area is 222 Å². The fraction of sp³-hybridized carbons (Fsp3) is 0.571. The number of methoxy groups -OCH3 is 1. The molecule has 0 bridgehead atoms. The van der Waals surface area contributed by atoms with Gasteiger partial charge in [-0.15, -0.1) is 0 Å². The molecule has 10 nitrogen and oxygen atoms in total. The number of aldehydes is 1. The summed E-state index contributed by atoms with van der Waals surface area (Å²) in [6, 6.07) is 2.13. The van der Waals surface area contributed by atoms with Crippen molar-refractivity contribution in [1.29, 1.82) is 0 Å². The van der Waals surface area contributed by atoms with Crippen LogP contribution in [0.1, 0.15) is 67.3 Å². The number of nitrogens with zero attached hydrogens (tertiary/aromatic N) is 1. The third kappa shape index (κ3) is 5.33. The van der Waals surface area contributed by atoms with E-state index in [2.05, 4.69) is 5.32 Å². The molecule has 1 aromatic carbocycles. The number of hydrogen-bond donors (Lipinski definition) is 3. The van der Waals surface area contributed by atoms with E-state index in [9.17, 15) is 29.4 Å². The molecule has 1 fully saturated rings. The van der Waals surface area contributed by atoms with Crippen LogP contribution in [0.3, 0.4) is 0 Å². The van der Waals surface area contributed by atoms with Crippen molar-refractivity contribution in [3.05, 3.63) is 34.9 Å². The monoisotopic (exact) mass is 528 g/mol. The summed E-state index contributed by atoms with van der Waals surface area (Å²) in [6.45, 7) is 1.64. The minimum atomic E-state index is -1.26. The number of aliphatic hydroxyl groups excluding tert-OH is 2. The Kier molecular flexibility index (Phi) is 8.83. The zero-order valence-corrected chi connectivity index (χ0v) is 21.9. The summed E-state index contributed by atoms with van der Waals surface area (Å²) in [5, 5.41) is 23.6. The summed E-state index contributed by atoms with van der Waals surface area (Å²) in [5.41, 5.74) is 1.06. The molecule has 1 aromatic rings. The van der Waals surface area contributed by atoms with Crippen LogP contribution >= 0.6 is 0 Å². The van der Waals surface area contributed by atoms with Crippen LogP contribution in [0, 0.1) is 5.92 Å². The third-order valence-corrected chi connectivity index (χ3v) is 7.77. The summed E-state index contributed by atoms with van der Waals surface area (Å²) in [4.78, 5) is 52.3. The summed E-state index contributed by atoms with van der Waals surface area (Å²) < 4.78 is 11.6. The maximum absolute atomic E-state index is 13.3. The zero-order valence-electron chi connectivity index (χ0n) is 21.9. The number of ether oxygens (including phenoxy) is 2. The van der Waals surface area contributed by atoms with Crippen LogP contribution in [0.15, 0.2) is 23.8 Å². The molecule has 1 aliphatic heterocycles. The van der Waals surface area contributed by atoms with Gasteiger partial charge in [-0.05, 0) is 37.0 Å². The lowest BCUT2D eigenvalue weighted by atomic mass is 9.76. The smallest absolute Gasteiger partial charge is 0.290 e. The average molecular weight is 529 g/mol. The number of aliphatic hydroxyl groups is 2. The highest BCUT2D eigenvalue weighted by atomic mass is 16.5. The predicted molar refractivity (Wildman–Crippen MR) is 137 cm³/mol. The molecule has 0 unspecified atom stereocenters. The van der Waals surface area contributed by atoms with Crippen molar-refractivity contribution in [2.75, 3.05) is 26.8 Å². The SMILES string of the molecule is CCC(=O)C(=O)N(CC1CCCCC1)[C@@H]1C=C(C(=O)NCCO)[C@@H]2c3cc(C=O)cc(OC)c3O[C@@H]2[C@H]1O. The fourth-order valence-corrected chi connectivity index (χ4v) is 5.86. The highest BCUT2D eigenvalue weighted by Gasteiger charge is 2.52. The number of nitrogens with one attached hydrogen (secondary N) is 1. The van der Waals surface area contributed by atoms with Gasteiger partial charge in [-0.1, -0.05) is 26.2 Å².